The van der Waals surface area contributed by atoms with E-state index in [4.69, 9.17) is 5.11 Å². The maximum Gasteiger partial charge on any atom is 0.306 e. The lowest BCUT2D eigenvalue weighted by Gasteiger charge is -2.34. The molecule has 182 valence electrons. The van der Waals surface area contributed by atoms with Crippen molar-refractivity contribution in [1.29, 1.82) is 0 Å². The Morgan fingerprint density at radius 2 is 1.71 bits per heavy atom. The second-order valence-electron chi connectivity index (χ2n) is 9.49. The molecule has 34 heavy (non-hydrogen) atoms. The number of aromatic nitrogens is 2. The van der Waals surface area contributed by atoms with Crippen LogP contribution < -0.4 is 5.32 Å². The van der Waals surface area contributed by atoms with Crippen molar-refractivity contribution >= 4 is 34.6 Å². The molecule has 9 heteroatoms. The highest BCUT2D eigenvalue weighted by molar-refractivity contribution is 6.01. The van der Waals surface area contributed by atoms with Crippen LogP contribution in [0.25, 0.3) is 10.9 Å². The van der Waals surface area contributed by atoms with E-state index in [9.17, 15) is 19.2 Å². The third-order valence-electron chi connectivity index (χ3n) is 7.22. The molecular formula is C25H32N4O5. The minimum atomic E-state index is -0.713. The van der Waals surface area contributed by atoms with Crippen molar-refractivity contribution in [2.45, 2.75) is 63.7 Å². The second kappa shape index (κ2) is 10.8. The molecule has 1 aliphatic carbocycles. The van der Waals surface area contributed by atoms with Gasteiger partial charge in [-0.05, 0) is 49.8 Å². The van der Waals surface area contributed by atoms with Gasteiger partial charge in [0.2, 0.25) is 17.7 Å². The number of hydrogen-bond donors (Lipinski definition) is 3. The quantitative estimate of drug-likeness (QED) is 0.593. The predicted octanol–water partition coefficient (Wildman–Crippen LogP) is 2.97. The number of carboxylic acid groups (broad SMARTS) is 1. The van der Waals surface area contributed by atoms with E-state index in [1.54, 1.807) is 6.20 Å². The summed E-state index contributed by atoms with van der Waals surface area (Å²) >= 11 is 0. The summed E-state index contributed by atoms with van der Waals surface area (Å²) in [5, 5.41) is 19.1. The lowest BCUT2D eigenvalue weighted by molar-refractivity contribution is -0.147. The number of aromatic amines is 1. The molecule has 0 bridgehead atoms. The van der Waals surface area contributed by atoms with Gasteiger partial charge >= 0.3 is 5.97 Å². The van der Waals surface area contributed by atoms with E-state index in [1.165, 1.54) is 19.3 Å². The Balaban J connectivity index is 0.000000161. The Hall–Kier alpha value is -3.23. The van der Waals surface area contributed by atoms with Crippen molar-refractivity contribution in [3.8, 4) is 0 Å². The zero-order chi connectivity index (χ0) is 24.1. The maximum absolute atomic E-state index is 12.2. The van der Waals surface area contributed by atoms with E-state index in [1.807, 2.05) is 23.1 Å². The number of nitrogens with zero attached hydrogens (tertiary/aromatic N) is 2. The lowest BCUT2D eigenvalue weighted by atomic mass is 9.87. The Labute approximate surface area is 198 Å². The summed E-state index contributed by atoms with van der Waals surface area (Å²) in [6.07, 6.45) is 9.59. The van der Waals surface area contributed by atoms with Crippen molar-refractivity contribution in [3.05, 3.63) is 30.0 Å². The lowest BCUT2D eigenvalue weighted by Crippen LogP contribution is -2.43. The van der Waals surface area contributed by atoms with E-state index in [0.29, 0.717) is 38.8 Å². The number of fused-ring (bicyclic) bond motifs is 1. The van der Waals surface area contributed by atoms with Crippen molar-refractivity contribution in [1.82, 2.24) is 20.4 Å². The molecule has 1 saturated carbocycles. The molecule has 2 aromatic rings. The summed E-state index contributed by atoms with van der Waals surface area (Å²) in [6, 6.07) is 5.75. The van der Waals surface area contributed by atoms with Crippen molar-refractivity contribution in [2.75, 3.05) is 13.1 Å². The first kappa shape index (κ1) is 23.9. The van der Waals surface area contributed by atoms with Gasteiger partial charge in [0.1, 0.15) is 0 Å². The third kappa shape index (κ3) is 5.63. The topological polar surface area (TPSA) is 132 Å². The molecule has 3 N–H and O–H groups in total. The van der Waals surface area contributed by atoms with E-state index < -0.39 is 5.97 Å². The first-order chi connectivity index (χ1) is 16.4. The number of carbonyl (C=O) groups is 4. The summed E-state index contributed by atoms with van der Waals surface area (Å²) < 4.78 is 0. The van der Waals surface area contributed by atoms with Gasteiger partial charge in [0.25, 0.3) is 0 Å². The molecule has 1 unspecified atom stereocenters. The maximum atomic E-state index is 12.2. The van der Waals surface area contributed by atoms with E-state index in [-0.39, 0.29) is 35.5 Å². The molecule has 9 nitrogen and oxygen atoms in total. The van der Waals surface area contributed by atoms with Crippen LogP contribution in [0.15, 0.2) is 24.4 Å². The van der Waals surface area contributed by atoms with Gasteiger partial charge in [-0.1, -0.05) is 25.3 Å². The summed E-state index contributed by atoms with van der Waals surface area (Å²) in [7, 11) is 0. The number of imide groups is 1. The SMILES string of the molecule is O=C(O)C1CCN(C(=O)C2CCCCC2)CC1.O=C1CCC(c2ccc3[nH]ncc3c2)C(=O)N1. The van der Waals surface area contributed by atoms with E-state index >= 15 is 0 Å². The molecule has 5 rings (SSSR count). The number of likely N-dealkylation sites (tertiary alicyclic amines) is 1. The Morgan fingerprint density at radius 3 is 2.38 bits per heavy atom. The number of aliphatic carboxylic acids is 1. The second-order valence-corrected chi connectivity index (χ2v) is 9.49. The molecule has 0 spiro atoms. The molecular weight excluding hydrogens is 436 g/mol. The van der Waals surface area contributed by atoms with Crippen LogP contribution in [0.1, 0.15) is 69.3 Å². The summed E-state index contributed by atoms with van der Waals surface area (Å²) in [5.41, 5.74) is 1.88. The molecule has 3 amide bonds. The zero-order valence-corrected chi connectivity index (χ0v) is 19.3. The molecule has 3 aliphatic rings. The number of H-pyrrole nitrogens is 1. The molecule has 2 saturated heterocycles. The number of carboxylic acids is 1. The van der Waals surface area contributed by atoms with Gasteiger partial charge in [-0.3, -0.25) is 29.6 Å². The molecule has 3 fully saturated rings. The van der Waals surface area contributed by atoms with Gasteiger partial charge in [-0.15, -0.1) is 0 Å². The number of rotatable bonds is 3. The zero-order valence-electron chi connectivity index (χ0n) is 19.3. The molecule has 3 heterocycles. The van der Waals surface area contributed by atoms with Crippen molar-refractivity contribution in [3.63, 3.8) is 0 Å². The molecule has 1 atom stereocenters. The fraction of sp³-hybridized carbons (Fsp3) is 0.560. The van der Waals surface area contributed by atoms with Gasteiger partial charge in [0.05, 0.1) is 23.5 Å². The Morgan fingerprint density at radius 1 is 0.971 bits per heavy atom. The highest BCUT2D eigenvalue weighted by Gasteiger charge is 2.31. The van der Waals surface area contributed by atoms with E-state index in [2.05, 4.69) is 15.5 Å². The normalized spacial score (nSPS) is 22.1. The highest BCUT2D eigenvalue weighted by atomic mass is 16.4. The first-order valence-corrected chi connectivity index (χ1v) is 12.2. The van der Waals surface area contributed by atoms with Crippen LogP contribution in [0.2, 0.25) is 0 Å². The Kier molecular flexibility index (Phi) is 7.59. The smallest absolute Gasteiger partial charge is 0.306 e. The van der Waals surface area contributed by atoms with E-state index in [0.717, 1.165) is 29.3 Å². The standard InChI is InChI=1S/C13H21NO3.C12H11N3O2/c15-12(10-4-2-1-3-5-10)14-8-6-11(7-9-14)13(16)17;16-11-4-2-9(12(17)14-11)7-1-3-10-8(5-7)6-13-15-10/h10-11H,1-9H2,(H,16,17);1,3,5-6,9H,2,4H2,(H,13,15)(H,14,16,17). The van der Waals surface area contributed by atoms with Gasteiger partial charge in [0.15, 0.2) is 0 Å². The van der Waals surface area contributed by atoms with Crippen LogP contribution >= 0.6 is 0 Å². The Bertz CT molecular complexity index is 1050. The van der Waals surface area contributed by atoms with Crippen molar-refractivity contribution in [2.24, 2.45) is 11.8 Å². The van der Waals surface area contributed by atoms with Crippen LogP contribution in [-0.2, 0) is 19.2 Å². The van der Waals surface area contributed by atoms with Crippen LogP contribution in [0, 0.1) is 11.8 Å². The minimum absolute atomic E-state index is 0.185. The summed E-state index contributed by atoms with van der Waals surface area (Å²) in [4.78, 5) is 47.7. The fourth-order valence-electron chi connectivity index (χ4n) is 5.14. The van der Waals surface area contributed by atoms with Crippen molar-refractivity contribution < 1.29 is 24.3 Å². The average Bonchev–Trinajstić information content (AvgIpc) is 3.33. The van der Waals surface area contributed by atoms with Gasteiger partial charge < -0.3 is 10.0 Å². The van der Waals surface area contributed by atoms with Gasteiger partial charge in [-0.25, -0.2) is 0 Å². The summed E-state index contributed by atoms with van der Waals surface area (Å²) in [5.74, 6) is -1.09. The minimum Gasteiger partial charge on any atom is -0.481 e. The number of nitrogens with one attached hydrogen (secondary N) is 2. The van der Waals surface area contributed by atoms with Crippen LogP contribution in [0.3, 0.4) is 0 Å². The molecule has 2 aliphatic heterocycles. The molecule has 1 aromatic heterocycles. The monoisotopic (exact) mass is 468 g/mol. The number of amides is 3. The highest BCUT2D eigenvalue weighted by Crippen LogP contribution is 2.28. The largest absolute Gasteiger partial charge is 0.481 e. The molecule has 0 radical (unpaired) electrons. The van der Waals surface area contributed by atoms with Crippen LogP contribution in [0.5, 0.6) is 0 Å². The number of piperidine rings is 2. The first-order valence-electron chi connectivity index (χ1n) is 12.2. The summed E-state index contributed by atoms with van der Waals surface area (Å²) in [6.45, 7) is 1.26. The van der Waals surface area contributed by atoms with Crippen LogP contribution in [-0.4, -0.2) is 57.0 Å². The number of benzene rings is 1. The van der Waals surface area contributed by atoms with Crippen LogP contribution in [0.4, 0.5) is 0 Å². The number of carbonyl (C=O) groups excluding carboxylic acids is 3. The average molecular weight is 469 g/mol. The predicted molar refractivity (Wildman–Crippen MR) is 125 cm³/mol. The fourth-order valence-corrected chi connectivity index (χ4v) is 5.14. The molecule has 1 aromatic carbocycles. The van der Waals surface area contributed by atoms with Gasteiger partial charge in [-0.2, -0.15) is 5.10 Å². The third-order valence-corrected chi connectivity index (χ3v) is 7.22. The number of hydrogen-bond acceptors (Lipinski definition) is 5. The van der Waals surface area contributed by atoms with Gasteiger partial charge in [0, 0.05) is 30.8 Å².